The highest BCUT2D eigenvalue weighted by molar-refractivity contribution is 7.17. The smallest absolute Gasteiger partial charge is 0.239 e. The molecule has 0 aromatic carbocycles. The topological polar surface area (TPSA) is 96.2 Å². The lowest BCUT2D eigenvalue weighted by Gasteiger charge is -2.11. The van der Waals surface area contributed by atoms with Gasteiger partial charge in [-0.3, -0.25) is 10.2 Å². The quantitative estimate of drug-likeness (QED) is 0.555. The zero-order chi connectivity index (χ0) is 13.8. The van der Waals surface area contributed by atoms with Crippen LogP contribution in [0.4, 0.5) is 11.8 Å². The second-order valence-corrected chi connectivity index (χ2v) is 5.06. The molecular weight excluding hydrogens is 264 g/mol. The number of hydrogen-bond acceptors (Lipinski definition) is 7. The van der Waals surface area contributed by atoms with Crippen LogP contribution in [0.15, 0.2) is 11.4 Å². The number of anilines is 2. The van der Waals surface area contributed by atoms with Gasteiger partial charge in [0.25, 0.3) is 0 Å². The molecule has 8 heteroatoms. The maximum absolute atomic E-state index is 11.5. The number of amides is 1. The number of rotatable bonds is 5. The van der Waals surface area contributed by atoms with E-state index in [4.69, 9.17) is 5.84 Å². The number of nitrogens with two attached hydrogens (primary N) is 1. The fourth-order valence-electron chi connectivity index (χ4n) is 1.56. The number of carbonyl (C=O) groups is 1. The number of carbonyl (C=O) groups excluding carboxylic acids is 1. The highest BCUT2D eigenvalue weighted by atomic mass is 32.1. The Hall–Kier alpha value is -1.93. The van der Waals surface area contributed by atoms with Crippen LogP contribution in [-0.2, 0) is 4.79 Å². The van der Waals surface area contributed by atoms with Gasteiger partial charge in [-0.15, -0.1) is 11.3 Å². The summed E-state index contributed by atoms with van der Waals surface area (Å²) in [5, 5.41) is 5.09. The van der Waals surface area contributed by atoms with Gasteiger partial charge in [0, 0.05) is 27.1 Å². The van der Waals surface area contributed by atoms with Crippen molar-refractivity contribution >= 4 is 39.2 Å². The molecule has 0 aliphatic rings. The number of aromatic nitrogens is 2. The van der Waals surface area contributed by atoms with Crippen LogP contribution in [0.5, 0.6) is 0 Å². The first kappa shape index (κ1) is 13.5. The normalized spacial score (nSPS) is 10.5. The van der Waals surface area contributed by atoms with Crippen LogP contribution < -0.4 is 16.6 Å². The Morgan fingerprint density at radius 2 is 2.26 bits per heavy atom. The van der Waals surface area contributed by atoms with Crippen molar-refractivity contribution in [2.24, 2.45) is 5.84 Å². The van der Waals surface area contributed by atoms with E-state index < -0.39 is 0 Å². The highest BCUT2D eigenvalue weighted by Gasteiger charge is 2.09. The minimum atomic E-state index is 0.0705. The van der Waals surface area contributed by atoms with Gasteiger partial charge in [0.1, 0.15) is 5.82 Å². The Morgan fingerprint density at radius 3 is 2.95 bits per heavy atom. The fraction of sp³-hybridized carbons (Fsp3) is 0.364. The van der Waals surface area contributed by atoms with Gasteiger partial charge in [-0.05, 0) is 11.4 Å². The SMILES string of the molecule is CN(C)C(=O)CCNc1nc(NN)nc2ccsc12. The molecule has 2 aromatic rings. The van der Waals surface area contributed by atoms with Crippen LogP contribution in [0.3, 0.4) is 0 Å². The predicted molar refractivity (Wildman–Crippen MR) is 77.0 cm³/mol. The maximum atomic E-state index is 11.5. The Balaban J connectivity index is 2.11. The minimum Gasteiger partial charge on any atom is -0.368 e. The molecule has 0 fully saturated rings. The van der Waals surface area contributed by atoms with Crippen LogP contribution >= 0.6 is 11.3 Å². The molecule has 0 saturated heterocycles. The average Bonchev–Trinajstić information content (AvgIpc) is 2.86. The number of nitrogens with one attached hydrogen (secondary N) is 2. The van der Waals surface area contributed by atoms with Gasteiger partial charge in [0.05, 0.1) is 10.2 Å². The molecule has 0 unspecified atom stereocenters. The van der Waals surface area contributed by atoms with E-state index in [0.29, 0.717) is 24.7 Å². The summed E-state index contributed by atoms with van der Waals surface area (Å²) in [5.74, 6) is 6.45. The van der Waals surface area contributed by atoms with E-state index in [2.05, 4.69) is 20.7 Å². The number of nitrogen functional groups attached to an aromatic ring is 1. The first-order valence-corrected chi connectivity index (χ1v) is 6.65. The van der Waals surface area contributed by atoms with Gasteiger partial charge in [0.15, 0.2) is 0 Å². The maximum Gasteiger partial charge on any atom is 0.239 e. The Labute approximate surface area is 114 Å². The van der Waals surface area contributed by atoms with Crippen molar-refractivity contribution in [2.45, 2.75) is 6.42 Å². The molecule has 4 N–H and O–H groups in total. The van der Waals surface area contributed by atoms with E-state index >= 15 is 0 Å². The van der Waals surface area contributed by atoms with E-state index in [1.165, 1.54) is 0 Å². The van der Waals surface area contributed by atoms with Crippen LogP contribution in [0.1, 0.15) is 6.42 Å². The fourth-order valence-corrected chi connectivity index (χ4v) is 2.36. The molecule has 2 heterocycles. The molecule has 19 heavy (non-hydrogen) atoms. The van der Waals surface area contributed by atoms with E-state index in [1.807, 2.05) is 11.4 Å². The molecule has 2 rings (SSSR count). The molecule has 1 amide bonds. The third-order valence-corrected chi connectivity index (χ3v) is 3.47. The van der Waals surface area contributed by atoms with Gasteiger partial charge in [-0.25, -0.2) is 10.8 Å². The third kappa shape index (κ3) is 3.09. The first-order chi connectivity index (χ1) is 9.11. The van der Waals surface area contributed by atoms with E-state index in [1.54, 1.807) is 30.3 Å². The predicted octanol–water partition coefficient (Wildman–Crippen LogP) is 0.867. The molecule has 0 radical (unpaired) electrons. The summed E-state index contributed by atoms with van der Waals surface area (Å²) in [5.41, 5.74) is 3.26. The molecule has 0 bridgehead atoms. The summed E-state index contributed by atoms with van der Waals surface area (Å²) in [6.07, 6.45) is 0.412. The number of hydrazine groups is 1. The third-order valence-electron chi connectivity index (χ3n) is 2.56. The van der Waals surface area contributed by atoms with Crippen molar-refractivity contribution in [3.05, 3.63) is 11.4 Å². The first-order valence-electron chi connectivity index (χ1n) is 5.77. The lowest BCUT2D eigenvalue weighted by Crippen LogP contribution is -2.24. The Morgan fingerprint density at radius 1 is 1.47 bits per heavy atom. The van der Waals surface area contributed by atoms with E-state index in [9.17, 15) is 4.79 Å². The molecule has 102 valence electrons. The minimum absolute atomic E-state index is 0.0705. The van der Waals surface area contributed by atoms with Gasteiger partial charge >= 0.3 is 0 Å². The largest absolute Gasteiger partial charge is 0.368 e. The molecule has 0 aliphatic heterocycles. The lowest BCUT2D eigenvalue weighted by molar-refractivity contribution is -0.128. The van der Waals surface area contributed by atoms with Crippen LogP contribution in [0.2, 0.25) is 0 Å². The number of fused-ring (bicyclic) bond motifs is 1. The van der Waals surface area contributed by atoms with Crippen molar-refractivity contribution in [3.63, 3.8) is 0 Å². The monoisotopic (exact) mass is 280 g/mol. The lowest BCUT2D eigenvalue weighted by atomic mass is 10.3. The number of hydrogen-bond donors (Lipinski definition) is 3. The van der Waals surface area contributed by atoms with Crippen molar-refractivity contribution < 1.29 is 4.79 Å². The van der Waals surface area contributed by atoms with Gasteiger partial charge < -0.3 is 10.2 Å². The summed E-state index contributed by atoms with van der Waals surface area (Å²) in [6, 6.07) is 1.90. The van der Waals surface area contributed by atoms with Gasteiger partial charge in [-0.2, -0.15) is 4.98 Å². The number of thiophene rings is 1. The van der Waals surface area contributed by atoms with Crippen LogP contribution in [0, 0.1) is 0 Å². The standard InChI is InChI=1S/C11H16N6OS/c1-17(2)8(18)3-5-13-10-9-7(4-6-19-9)14-11(15-10)16-12/h4,6H,3,5,12H2,1-2H3,(H2,13,14,15,16). The van der Waals surface area contributed by atoms with Crippen molar-refractivity contribution in [1.82, 2.24) is 14.9 Å². The molecule has 2 aromatic heterocycles. The zero-order valence-electron chi connectivity index (χ0n) is 10.8. The van der Waals surface area contributed by atoms with Gasteiger partial charge in [-0.1, -0.05) is 0 Å². The molecule has 0 saturated carbocycles. The molecule has 0 aliphatic carbocycles. The highest BCUT2D eigenvalue weighted by Crippen LogP contribution is 2.26. The average molecular weight is 280 g/mol. The van der Waals surface area contributed by atoms with Crippen molar-refractivity contribution in [2.75, 3.05) is 31.4 Å². The zero-order valence-corrected chi connectivity index (χ0v) is 11.6. The second-order valence-electron chi connectivity index (χ2n) is 4.14. The van der Waals surface area contributed by atoms with Crippen LogP contribution in [0.25, 0.3) is 10.2 Å². The molecule has 7 nitrogen and oxygen atoms in total. The van der Waals surface area contributed by atoms with E-state index in [0.717, 1.165) is 10.2 Å². The second kappa shape index (κ2) is 5.81. The Bertz CT molecular complexity index is 582. The molecule has 0 spiro atoms. The van der Waals surface area contributed by atoms with Gasteiger partial charge in [0.2, 0.25) is 11.9 Å². The summed E-state index contributed by atoms with van der Waals surface area (Å²) >= 11 is 1.55. The summed E-state index contributed by atoms with van der Waals surface area (Å²) in [7, 11) is 3.47. The van der Waals surface area contributed by atoms with E-state index in [-0.39, 0.29) is 5.91 Å². The molecular formula is C11H16N6OS. The number of nitrogens with zero attached hydrogens (tertiary/aromatic N) is 3. The van der Waals surface area contributed by atoms with Crippen LogP contribution in [-0.4, -0.2) is 41.4 Å². The van der Waals surface area contributed by atoms with Crippen molar-refractivity contribution in [3.8, 4) is 0 Å². The van der Waals surface area contributed by atoms with Crippen molar-refractivity contribution in [1.29, 1.82) is 0 Å². The summed E-state index contributed by atoms with van der Waals surface area (Å²) in [6.45, 7) is 0.519. The summed E-state index contributed by atoms with van der Waals surface area (Å²) < 4.78 is 0.955. The molecule has 0 atom stereocenters. The Kier molecular flexibility index (Phi) is 4.13. The summed E-state index contributed by atoms with van der Waals surface area (Å²) in [4.78, 5) is 21.6.